The molecule has 0 bridgehead atoms. The number of benzene rings is 1. The van der Waals surface area contributed by atoms with Gasteiger partial charge in [-0.05, 0) is 30.3 Å². The van der Waals surface area contributed by atoms with Crippen molar-refractivity contribution < 1.29 is 9.13 Å². The Morgan fingerprint density at radius 2 is 2.15 bits per heavy atom. The van der Waals surface area contributed by atoms with Crippen LogP contribution in [0, 0.1) is 5.82 Å². The summed E-state index contributed by atoms with van der Waals surface area (Å²) < 4.78 is 20.8. The zero-order chi connectivity index (χ0) is 13.9. The Kier molecular flexibility index (Phi) is 3.69. The quantitative estimate of drug-likeness (QED) is 0.675. The number of nitrogens with zero attached hydrogens (tertiary/aromatic N) is 2. The van der Waals surface area contributed by atoms with Gasteiger partial charge in [-0.25, -0.2) is 9.37 Å². The predicted octanol–water partition coefficient (Wildman–Crippen LogP) is 3.95. The summed E-state index contributed by atoms with van der Waals surface area (Å²) in [6, 6.07) is 10.3. The SMILES string of the molecule is Fc1ccc(OCc2cn3ccccc3n2)c(CBr)c1. The van der Waals surface area contributed by atoms with Gasteiger partial charge in [-0.1, -0.05) is 22.0 Å². The standard InChI is InChI=1S/C15H12BrFN2O/c16-8-11-7-12(17)4-5-14(11)20-10-13-9-19-6-2-1-3-15(19)18-13/h1-7,9H,8,10H2. The number of ether oxygens (including phenoxy) is 1. The first-order valence-electron chi connectivity index (χ1n) is 6.16. The van der Waals surface area contributed by atoms with Crippen LogP contribution in [-0.4, -0.2) is 9.38 Å². The Hall–Kier alpha value is -1.88. The third kappa shape index (κ3) is 2.67. The van der Waals surface area contributed by atoms with Gasteiger partial charge in [-0.2, -0.15) is 0 Å². The van der Waals surface area contributed by atoms with Crippen LogP contribution in [0.15, 0.2) is 48.8 Å². The highest BCUT2D eigenvalue weighted by Crippen LogP contribution is 2.23. The van der Waals surface area contributed by atoms with Gasteiger partial charge in [0.25, 0.3) is 0 Å². The smallest absolute Gasteiger partial charge is 0.137 e. The van der Waals surface area contributed by atoms with E-state index in [9.17, 15) is 4.39 Å². The van der Waals surface area contributed by atoms with E-state index in [4.69, 9.17) is 4.74 Å². The number of hydrogen-bond donors (Lipinski definition) is 0. The summed E-state index contributed by atoms with van der Waals surface area (Å²) in [5.74, 6) is 0.403. The molecule has 3 nitrogen and oxygen atoms in total. The van der Waals surface area contributed by atoms with Crippen LogP contribution < -0.4 is 4.74 Å². The number of rotatable bonds is 4. The highest BCUT2D eigenvalue weighted by atomic mass is 79.9. The first-order chi connectivity index (χ1) is 9.76. The van der Waals surface area contributed by atoms with Gasteiger partial charge in [0.05, 0.1) is 5.69 Å². The molecule has 0 radical (unpaired) electrons. The lowest BCUT2D eigenvalue weighted by atomic mass is 10.2. The fourth-order valence-corrected chi connectivity index (χ4v) is 2.44. The van der Waals surface area contributed by atoms with Crippen LogP contribution in [0.3, 0.4) is 0 Å². The molecule has 0 saturated heterocycles. The van der Waals surface area contributed by atoms with Crippen LogP contribution in [0.25, 0.3) is 5.65 Å². The Morgan fingerprint density at radius 3 is 2.95 bits per heavy atom. The first kappa shape index (κ1) is 13.1. The maximum Gasteiger partial charge on any atom is 0.137 e. The van der Waals surface area contributed by atoms with Crippen molar-refractivity contribution in [3.63, 3.8) is 0 Å². The van der Waals surface area contributed by atoms with E-state index in [0.717, 1.165) is 16.9 Å². The fraction of sp³-hybridized carbons (Fsp3) is 0.133. The van der Waals surface area contributed by atoms with Crippen molar-refractivity contribution >= 4 is 21.6 Å². The Labute approximate surface area is 124 Å². The van der Waals surface area contributed by atoms with E-state index in [2.05, 4.69) is 20.9 Å². The van der Waals surface area contributed by atoms with E-state index < -0.39 is 0 Å². The number of imidazole rings is 1. The molecule has 0 aliphatic rings. The zero-order valence-electron chi connectivity index (χ0n) is 10.6. The minimum atomic E-state index is -0.264. The van der Waals surface area contributed by atoms with Gasteiger partial charge in [0.1, 0.15) is 23.8 Å². The van der Waals surface area contributed by atoms with Crippen molar-refractivity contribution in [3.8, 4) is 5.75 Å². The molecule has 0 N–H and O–H groups in total. The second kappa shape index (κ2) is 5.63. The molecule has 5 heteroatoms. The summed E-state index contributed by atoms with van der Waals surface area (Å²) in [5.41, 5.74) is 2.50. The van der Waals surface area contributed by atoms with Crippen LogP contribution in [0.5, 0.6) is 5.75 Å². The zero-order valence-corrected chi connectivity index (χ0v) is 12.2. The molecule has 0 unspecified atom stereocenters. The van der Waals surface area contributed by atoms with Crippen molar-refractivity contribution in [3.05, 3.63) is 65.9 Å². The van der Waals surface area contributed by atoms with Gasteiger partial charge in [0, 0.05) is 23.3 Å². The number of halogens is 2. The lowest BCUT2D eigenvalue weighted by Crippen LogP contribution is -1.98. The van der Waals surface area contributed by atoms with E-state index in [1.165, 1.54) is 12.1 Å². The largest absolute Gasteiger partial charge is 0.487 e. The molecule has 0 fully saturated rings. The molecular formula is C15H12BrFN2O. The third-order valence-corrected chi connectivity index (χ3v) is 3.56. The maximum absolute atomic E-state index is 13.1. The molecule has 0 spiro atoms. The lowest BCUT2D eigenvalue weighted by molar-refractivity contribution is 0.299. The summed E-state index contributed by atoms with van der Waals surface area (Å²) in [6.07, 6.45) is 3.86. The van der Waals surface area contributed by atoms with Gasteiger partial charge in [-0.3, -0.25) is 0 Å². The molecule has 2 heterocycles. The first-order valence-corrected chi connectivity index (χ1v) is 7.28. The summed E-state index contributed by atoms with van der Waals surface area (Å²) in [6.45, 7) is 0.354. The van der Waals surface area contributed by atoms with Crippen molar-refractivity contribution in [1.82, 2.24) is 9.38 Å². The molecule has 1 aromatic carbocycles. The summed E-state index contributed by atoms with van der Waals surface area (Å²) in [5, 5.41) is 0.547. The summed E-state index contributed by atoms with van der Waals surface area (Å²) >= 11 is 3.33. The number of pyridine rings is 1. The normalized spacial score (nSPS) is 10.9. The average Bonchev–Trinajstić information content (AvgIpc) is 2.88. The second-order valence-electron chi connectivity index (χ2n) is 4.37. The predicted molar refractivity (Wildman–Crippen MR) is 78.6 cm³/mol. The van der Waals surface area contributed by atoms with Gasteiger partial charge < -0.3 is 9.14 Å². The molecule has 20 heavy (non-hydrogen) atoms. The van der Waals surface area contributed by atoms with Crippen molar-refractivity contribution in [2.24, 2.45) is 0 Å². The Morgan fingerprint density at radius 1 is 1.25 bits per heavy atom. The molecule has 3 aromatic rings. The van der Waals surface area contributed by atoms with Gasteiger partial charge >= 0.3 is 0 Å². The molecule has 0 atom stereocenters. The molecule has 3 rings (SSSR count). The molecule has 0 saturated carbocycles. The summed E-state index contributed by atoms with van der Waals surface area (Å²) in [4.78, 5) is 4.45. The topological polar surface area (TPSA) is 26.5 Å². The van der Waals surface area contributed by atoms with Gasteiger partial charge in [0.2, 0.25) is 0 Å². The van der Waals surface area contributed by atoms with E-state index in [0.29, 0.717) is 17.7 Å². The molecule has 2 aromatic heterocycles. The van der Waals surface area contributed by atoms with E-state index >= 15 is 0 Å². The highest BCUT2D eigenvalue weighted by molar-refractivity contribution is 9.08. The number of aromatic nitrogens is 2. The lowest BCUT2D eigenvalue weighted by Gasteiger charge is -2.08. The fourth-order valence-electron chi connectivity index (χ4n) is 2.00. The number of fused-ring (bicyclic) bond motifs is 1. The minimum absolute atomic E-state index is 0.264. The van der Waals surface area contributed by atoms with Gasteiger partial charge in [-0.15, -0.1) is 0 Å². The van der Waals surface area contributed by atoms with Crippen LogP contribution in [0.1, 0.15) is 11.3 Å². The van der Waals surface area contributed by atoms with E-state index in [1.807, 2.05) is 35.0 Å². The monoisotopic (exact) mass is 334 g/mol. The highest BCUT2D eigenvalue weighted by Gasteiger charge is 2.06. The number of alkyl halides is 1. The van der Waals surface area contributed by atoms with Crippen LogP contribution in [0.4, 0.5) is 4.39 Å². The third-order valence-electron chi connectivity index (χ3n) is 2.96. The Bertz CT molecular complexity index is 709. The molecule has 0 amide bonds. The number of hydrogen-bond acceptors (Lipinski definition) is 2. The van der Waals surface area contributed by atoms with Crippen LogP contribution in [-0.2, 0) is 11.9 Å². The van der Waals surface area contributed by atoms with E-state index in [-0.39, 0.29) is 5.82 Å². The molecule has 102 valence electrons. The molecule has 0 aliphatic heterocycles. The Balaban J connectivity index is 1.79. The van der Waals surface area contributed by atoms with Crippen LogP contribution in [0.2, 0.25) is 0 Å². The van der Waals surface area contributed by atoms with Crippen LogP contribution >= 0.6 is 15.9 Å². The minimum Gasteiger partial charge on any atom is -0.487 e. The van der Waals surface area contributed by atoms with Gasteiger partial charge in [0.15, 0.2) is 0 Å². The summed E-state index contributed by atoms with van der Waals surface area (Å²) in [7, 11) is 0. The molecular weight excluding hydrogens is 323 g/mol. The van der Waals surface area contributed by atoms with Crippen molar-refractivity contribution in [2.75, 3.05) is 0 Å². The van der Waals surface area contributed by atoms with Crippen molar-refractivity contribution in [2.45, 2.75) is 11.9 Å². The van der Waals surface area contributed by atoms with Crippen molar-refractivity contribution in [1.29, 1.82) is 0 Å². The maximum atomic E-state index is 13.1. The molecule has 0 aliphatic carbocycles. The second-order valence-corrected chi connectivity index (χ2v) is 4.93. The van der Waals surface area contributed by atoms with E-state index in [1.54, 1.807) is 6.07 Å². The average molecular weight is 335 g/mol.